The summed E-state index contributed by atoms with van der Waals surface area (Å²) >= 11 is 1.58. The molecule has 0 aliphatic rings. The van der Waals surface area contributed by atoms with E-state index in [-0.39, 0.29) is 39.4 Å². The Hall–Kier alpha value is 0.249. The van der Waals surface area contributed by atoms with Crippen LogP contribution < -0.4 is 19.5 Å². The summed E-state index contributed by atoms with van der Waals surface area (Å²) < 4.78 is 2.91. The second-order valence-corrected chi connectivity index (χ2v) is 11.3. The molecule has 0 fully saturated rings. The van der Waals surface area contributed by atoms with Gasteiger partial charge in [-0.25, -0.2) is 0 Å². The zero-order valence-electron chi connectivity index (χ0n) is 15.5. The summed E-state index contributed by atoms with van der Waals surface area (Å²) in [7, 11) is 0. The molecule has 3 atom stereocenters. The molecule has 5 heteroatoms. The van der Waals surface area contributed by atoms with Crippen LogP contribution in [0.3, 0.4) is 0 Å². The van der Waals surface area contributed by atoms with Gasteiger partial charge in [0.2, 0.25) is 0 Å². The van der Waals surface area contributed by atoms with Crippen molar-refractivity contribution in [3.05, 3.63) is 29.8 Å². The van der Waals surface area contributed by atoms with Gasteiger partial charge in [0.05, 0.1) is 0 Å². The first-order valence-corrected chi connectivity index (χ1v) is 13.0. The van der Waals surface area contributed by atoms with Crippen molar-refractivity contribution >= 4 is 36.5 Å². The van der Waals surface area contributed by atoms with Crippen molar-refractivity contribution in [2.75, 3.05) is 10.0 Å². The van der Waals surface area contributed by atoms with Crippen LogP contribution in [0.5, 0.6) is 0 Å². The third-order valence-corrected chi connectivity index (χ3v) is 9.54. The third-order valence-electron chi connectivity index (χ3n) is 3.01. The fourth-order valence-electron chi connectivity index (χ4n) is 1.20. The third kappa shape index (κ3) is 16.9. The monoisotopic (exact) mass is 447 g/mol. The Kier molecular flexibility index (Phi) is 18.9. The molecule has 23 heavy (non-hydrogen) atoms. The number of rotatable bonds is 6. The van der Waals surface area contributed by atoms with E-state index >= 15 is 0 Å². The average molecular weight is 446 g/mol. The topological polar surface area (TPSA) is 72.1 Å². The minimum absolute atomic E-state index is 0.193. The summed E-state index contributed by atoms with van der Waals surface area (Å²) in [5.41, 5.74) is 7.27. The maximum absolute atomic E-state index is 9.90. The van der Waals surface area contributed by atoms with Gasteiger partial charge in [-0.2, -0.15) is 0 Å². The zero-order chi connectivity index (χ0) is 18.3. The maximum atomic E-state index is 9.90. The van der Waals surface area contributed by atoms with Crippen molar-refractivity contribution < 1.29 is 10.2 Å². The van der Waals surface area contributed by atoms with Gasteiger partial charge in [-0.1, -0.05) is 40.5 Å². The molecule has 0 aromatic heterocycles. The van der Waals surface area contributed by atoms with Crippen LogP contribution in [0.4, 0.5) is 0 Å². The Morgan fingerprint density at radius 1 is 1.04 bits per heavy atom. The summed E-state index contributed by atoms with van der Waals surface area (Å²) in [4.78, 5) is 0. The number of benzene rings is 1. The molecule has 1 rings (SSSR count). The predicted molar refractivity (Wildman–Crippen MR) is 102 cm³/mol. The molecule has 132 valence electrons. The van der Waals surface area contributed by atoms with Crippen molar-refractivity contribution in [2.45, 2.75) is 65.7 Å². The molecule has 1 aromatic carbocycles. The molecule has 0 radical (unpaired) electrons. The van der Waals surface area contributed by atoms with Crippen LogP contribution in [-0.4, -0.2) is 43.4 Å². The molecule has 0 saturated heterocycles. The van der Waals surface area contributed by atoms with Gasteiger partial charge in [-0.15, -0.1) is 12.2 Å². The molecule has 0 amide bonds. The van der Waals surface area contributed by atoms with Gasteiger partial charge in [0.1, 0.15) is 0 Å². The molecular formula is C18H33NO2SSn. The Morgan fingerprint density at radius 3 is 1.83 bits per heavy atom. The molecule has 0 aliphatic carbocycles. The average Bonchev–Trinajstić information content (AvgIpc) is 2.54. The molecule has 0 aliphatic heterocycles. The van der Waals surface area contributed by atoms with Crippen molar-refractivity contribution in [3.63, 3.8) is 0 Å². The first-order chi connectivity index (χ1) is 10.8. The van der Waals surface area contributed by atoms with E-state index in [2.05, 4.69) is 37.4 Å². The summed E-state index contributed by atoms with van der Waals surface area (Å²) in [5.74, 6) is 0. The van der Waals surface area contributed by atoms with Gasteiger partial charge in [0.25, 0.3) is 0 Å². The van der Waals surface area contributed by atoms with E-state index in [0.29, 0.717) is 0 Å². The number of nitrogens with two attached hydrogens (primary N) is 1. The molecule has 0 spiro atoms. The predicted octanol–water partition coefficient (Wildman–Crippen LogP) is 1.65. The Morgan fingerprint density at radius 2 is 1.48 bits per heavy atom. The van der Waals surface area contributed by atoms with E-state index in [9.17, 15) is 10.2 Å². The molecule has 1 aromatic rings. The fourth-order valence-corrected chi connectivity index (χ4v) is 6.15. The van der Waals surface area contributed by atoms with Gasteiger partial charge in [0.15, 0.2) is 0 Å². The first kappa shape index (κ1) is 25.5. The standard InChI is InChI=1S/C8H10N.2C4H9O.C2H5S.Sn/c1-7(9)8-5-3-2-4-6-8;2*1-3-4(2)5;1-3-2;/h2-5,7H,9H2,1H3;2*4H,3H2,1-2H3;1H2,2H3;/q;2*-1;;+2. The SMILES string of the molecule is CCC(C)[O-].CCC(C)[O-].CS[CH2][Sn+2][c]1ccccc1C(C)N. The van der Waals surface area contributed by atoms with Crippen molar-refractivity contribution in [2.24, 2.45) is 5.73 Å². The van der Waals surface area contributed by atoms with Crippen LogP contribution >= 0.6 is 11.8 Å². The van der Waals surface area contributed by atoms with E-state index < -0.39 is 0 Å². The number of hydrogen-bond donors (Lipinski definition) is 1. The number of hydrogen-bond acceptors (Lipinski definition) is 4. The molecule has 2 N–H and O–H groups in total. The molecule has 3 unspecified atom stereocenters. The van der Waals surface area contributed by atoms with E-state index in [1.807, 2.05) is 25.6 Å². The Bertz CT molecular complexity index is 366. The fraction of sp³-hybridized carbons (Fsp3) is 0.667. The molecule has 0 heterocycles. The van der Waals surface area contributed by atoms with Gasteiger partial charge in [-0.3, -0.25) is 0 Å². The van der Waals surface area contributed by atoms with E-state index in [4.69, 9.17) is 5.73 Å². The quantitative estimate of drug-likeness (QED) is 0.675. The molecular weight excluding hydrogens is 413 g/mol. The molecule has 3 nitrogen and oxygen atoms in total. The van der Waals surface area contributed by atoms with Gasteiger partial charge < -0.3 is 10.2 Å². The van der Waals surface area contributed by atoms with Gasteiger partial charge >= 0.3 is 95.0 Å². The Balaban J connectivity index is 0. The summed E-state index contributed by atoms with van der Waals surface area (Å²) in [6.07, 6.45) is 2.94. The summed E-state index contributed by atoms with van der Waals surface area (Å²) in [6.45, 7) is 9.17. The van der Waals surface area contributed by atoms with E-state index in [1.54, 1.807) is 17.4 Å². The van der Waals surface area contributed by atoms with Crippen LogP contribution in [0.15, 0.2) is 24.3 Å². The van der Waals surface area contributed by atoms with Crippen LogP contribution in [0, 0.1) is 0 Å². The van der Waals surface area contributed by atoms with Crippen molar-refractivity contribution in [1.29, 1.82) is 0 Å². The second kappa shape index (κ2) is 17.1. The molecule has 0 bridgehead atoms. The normalized spacial score (nSPS) is 13.4. The minimum atomic E-state index is -0.374. The van der Waals surface area contributed by atoms with Crippen molar-refractivity contribution in [3.8, 4) is 0 Å². The van der Waals surface area contributed by atoms with Crippen LogP contribution in [0.1, 0.15) is 59.1 Å². The van der Waals surface area contributed by atoms with Crippen molar-refractivity contribution in [1.82, 2.24) is 0 Å². The van der Waals surface area contributed by atoms with Crippen LogP contribution in [-0.2, 0) is 0 Å². The number of thioether (sulfide) groups is 1. The van der Waals surface area contributed by atoms with Gasteiger partial charge in [-0.05, 0) is 0 Å². The second-order valence-electron chi connectivity index (χ2n) is 5.42. The summed E-state index contributed by atoms with van der Waals surface area (Å²) in [5, 5.41) is 19.8. The Labute approximate surface area is 157 Å². The summed E-state index contributed by atoms with van der Waals surface area (Å²) in [6, 6.07) is 8.82. The van der Waals surface area contributed by atoms with E-state index in [1.165, 1.54) is 9.33 Å². The molecule has 0 saturated carbocycles. The zero-order valence-corrected chi connectivity index (χ0v) is 19.1. The van der Waals surface area contributed by atoms with Crippen LogP contribution in [0.2, 0.25) is 0 Å². The van der Waals surface area contributed by atoms with Crippen LogP contribution in [0.25, 0.3) is 0 Å². The first-order valence-electron chi connectivity index (χ1n) is 8.18. The van der Waals surface area contributed by atoms with Gasteiger partial charge in [0, 0.05) is 0 Å². The van der Waals surface area contributed by atoms with E-state index in [0.717, 1.165) is 12.8 Å².